The van der Waals surface area contributed by atoms with E-state index in [0.29, 0.717) is 6.04 Å². The predicted molar refractivity (Wildman–Crippen MR) is 95.3 cm³/mol. The van der Waals surface area contributed by atoms with Crippen molar-refractivity contribution in [2.45, 2.75) is 39.8 Å². The summed E-state index contributed by atoms with van der Waals surface area (Å²) in [5.74, 6) is 0.126. The van der Waals surface area contributed by atoms with Crippen molar-refractivity contribution in [1.29, 1.82) is 0 Å². The Morgan fingerprint density at radius 2 is 2.12 bits per heavy atom. The van der Waals surface area contributed by atoms with Gasteiger partial charge in [-0.15, -0.1) is 11.3 Å². The molecule has 2 aromatic rings. The average molecular weight is 347 g/mol. The van der Waals surface area contributed by atoms with Gasteiger partial charge >= 0.3 is 0 Å². The van der Waals surface area contributed by atoms with Gasteiger partial charge in [0, 0.05) is 45.0 Å². The summed E-state index contributed by atoms with van der Waals surface area (Å²) in [6, 6.07) is 2.48. The molecule has 1 aliphatic rings. The lowest BCUT2D eigenvalue weighted by Crippen LogP contribution is -2.35. The molecule has 0 saturated carbocycles. The molecule has 0 bridgehead atoms. The van der Waals surface area contributed by atoms with Crippen LogP contribution < -0.4 is 0 Å². The van der Waals surface area contributed by atoms with Crippen LogP contribution in [0.4, 0.5) is 0 Å². The molecule has 1 saturated heterocycles. The van der Waals surface area contributed by atoms with Gasteiger partial charge in [0.1, 0.15) is 4.88 Å². The van der Waals surface area contributed by atoms with E-state index >= 15 is 0 Å². The topological polar surface area (TPSA) is 54.3 Å². The highest BCUT2D eigenvalue weighted by Crippen LogP contribution is 2.17. The van der Waals surface area contributed by atoms with Crippen LogP contribution in [0.15, 0.2) is 17.8 Å². The minimum atomic E-state index is 0.126. The maximum atomic E-state index is 12.6. The van der Waals surface area contributed by atoms with Crippen LogP contribution in [0, 0.1) is 6.92 Å². The molecule has 3 heterocycles. The minimum absolute atomic E-state index is 0.126. The van der Waals surface area contributed by atoms with Gasteiger partial charge in [0.25, 0.3) is 5.91 Å². The smallest absolute Gasteiger partial charge is 0.265 e. The van der Waals surface area contributed by atoms with Crippen molar-refractivity contribution in [2.75, 3.05) is 26.2 Å². The maximum absolute atomic E-state index is 12.6. The molecule has 7 heteroatoms. The number of aromatic nitrogens is 3. The number of thiazole rings is 1. The van der Waals surface area contributed by atoms with E-state index in [0.717, 1.165) is 55.4 Å². The lowest BCUT2D eigenvalue weighted by molar-refractivity contribution is 0.0765. The van der Waals surface area contributed by atoms with Crippen molar-refractivity contribution in [2.24, 2.45) is 0 Å². The summed E-state index contributed by atoms with van der Waals surface area (Å²) >= 11 is 1.44. The van der Waals surface area contributed by atoms with Crippen LogP contribution in [0.2, 0.25) is 0 Å². The van der Waals surface area contributed by atoms with E-state index in [1.54, 1.807) is 5.51 Å². The summed E-state index contributed by atoms with van der Waals surface area (Å²) in [6.45, 7) is 10.5. The number of hydrogen-bond donors (Lipinski definition) is 0. The maximum Gasteiger partial charge on any atom is 0.265 e. The van der Waals surface area contributed by atoms with Crippen molar-refractivity contribution in [3.8, 4) is 0 Å². The number of carbonyl (C=O) groups excluding carboxylic acids is 1. The number of carbonyl (C=O) groups is 1. The zero-order valence-corrected chi connectivity index (χ0v) is 15.4. The Balaban J connectivity index is 1.58. The fourth-order valence-electron chi connectivity index (χ4n) is 2.96. The van der Waals surface area contributed by atoms with E-state index in [4.69, 9.17) is 0 Å². The number of nitrogens with zero attached hydrogens (tertiary/aromatic N) is 5. The Bertz CT molecular complexity index is 693. The van der Waals surface area contributed by atoms with Crippen LogP contribution in [0.5, 0.6) is 0 Å². The lowest BCUT2D eigenvalue weighted by atomic mass is 10.3. The third kappa shape index (κ3) is 3.84. The summed E-state index contributed by atoms with van der Waals surface area (Å²) in [4.78, 5) is 22.0. The van der Waals surface area contributed by atoms with Gasteiger partial charge in [-0.1, -0.05) is 0 Å². The Morgan fingerprint density at radius 1 is 1.29 bits per heavy atom. The molecule has 0 N–H and O–H groups in total. The largest absolute Gasteiger partial charge is 0.337 e. The molecule has 1 amide bonds. The van der Waals surface area contributed by atoms with E-state index in [1.807, 2.05) is 22.7 Å². The zero-order chi connectivity index (χ0) is 17.1. The second kappa shape index (κ2) is 7.44. The first-order chi connectivity index (χ1) is 11.5. The van der Waals surface area contributed by atoms with Crippen LogP contribution in [-0.4, -0.2) is 56.7 Å². The number of hydrogen-bond acceptors (Lipinski definition) is 5. The quantitative estimate of drug-likeness (QED) is 0.853. The molecule has 0 spiro atoms. The van der Waals surface area contributed by atoms with Crippen LogP contribution >= 0.6 is 11.3 Å². The summed E-state index contributed by atoms with van der Waals surface area (Å²) in [5, 5.41) is 4.63. The van der Waals surface area contributed by atoms with Crippen molar-refractivity contribution in [3.05, 3.63) is 34.0 Å². The van der Waals surface area contributed by atoms with Crippen LogP contribution in [0.25, 0.3) is 0 Å². The molecule has 3 rings (SSSR count). The standard InChI is InChI=1S/C17H25N5OS/c1-13(2)22-8-5-15(19-22)11-20-6-4-7-21(10-9-20)17(23)16-14(3)18-12-24-16/h5,8,12-13H,4,6-7,9-11H2,1-3H3. The zero-order valence-electron chi connectivity index (χ0n) is 14.6. The normalized spacial score (nSPS) is 16.6. The third-order valence-electron chi connectivity index (χ3n) is 4.39. The van der Waals surface area contributed by atoms with E-state index in [-0.39, 0.29) is 5.91 Å². The predicted octanol–water partition coefficient (Wildman–Crippen LogP) is 2.58. The van der Waals surface area contributed by atoms with Gasteiger partial charge in [0.05, 0.1) is 16.9 Å². The Labute approximate surface area is 147 Å². The summed E-state index contributed by atoms with van der Waals surface area (Å²) < 4.78 is 2.00. The molecule has 24 heavy (non-hydrogen) atoms. The first kappa shape index (κ1) is 17.1. The highest BCUT2D eigenvalue weighted by atomic mass is 32.1. The molecule has 130 valence electrons. The minimum Gasteiger partial charge on any atom is -0.337 e. The highest BCUT2D eigenvalue weighted by molar-refractivity contribution is 7.11. The number of amides is 1. The van der Waals surface area contributed by atoms with Crippen molar-refractivity contribution in [3.63, 3.8) is 0 Å². The monoisotopic (exact) mass is 347 g/mol. The molecule has 1 aliphatic heterocycles. The van der Waals surface area contributed by atoms with Crippen LogP contribution in [0.1, 0.15) is 47.4 Å². The highest BCUT2D eigenvalue weighted by Gasteiger charge is 2.23. The molecule has 6 nitrogen and oxygen atoms in total. The Kier molecular flexibility index (Phi) is 5.30. The molecule has 0 aromatic carbocycles. The van der Waals surface area contributed by atoms with Gasteiger partial charge in [0.15, 0.2) is 0 Å². The second-order valence-corrected chi connectivity index (χ2v) is 7.42. The molecule has 0 unspecified atom stereocenters. The van der Waals surface area contributed by atoms with E-state index in [9.17, 15) is 4.79 Å². The van der Waals surface area contributed by atoms with Crippen molar-refractivity contribution < 1.29 is 4.79 Å². The fourth-order valence-corrected chi connectivity index (χ4v) is 3.73. The summed E-state index contributed by atoms with van der Waals surface area (Å²) in [7, 11) is 0. The van der Waals surface area contributed by atoms with Crippen LogP contribution in [0.3, 0.4) is 0 Å². The summed E-state index contributed by atoms with van der Waals surface area (Å²) in [5.41, 5.74) is 3.68. The number of aryl methyl sites for hydroxylation is 1. The second-order valence-electron chi connectivity index (χ2n) is 6.57. The molecule has 2 aromatic heterocycles. The van der Waals surface area contributed by atoms with Crippen molar-refractivity contribution in [1.82, 2.24) is 24.6 Å². The molecule has 0 aliphatic carbocycles. The van der Waals surface area contributed by atoms with E-state index in [1.165, 1.54) is 11.3 Å². The van der Waals surface area contributed by atoms with Gasteiger partial charge < -0.3 is 4.90 Å². The van der Waals surface area contributed by atoms with E-state index < -0.39 is 0 Å². The van der Waals surface area contributed by atoms with Gasteiger partial charge in [-0.25, -0.2) is 4.98 Å². The van der Waals surface area contributed by atoms with Gasteiger partial charge in [-0.05, 0) is 33.3 Å². The summed E-state index contributed by atoms with van der Waals surface area (Å²) in [6.07, 6.45) is 3.04. The Morgan fingerprint density at radius 3 is 2.79 bits per heavy atom. The lowest BCUT2D eigenvalue weighted by Gasteiger charge is -2.21. The average Bonchev–Trinajstić information content (AvgIpc) is 3.12. The fraction of sp³-hybridized carbons (Fsp3) is 0.588. The molecular weight excluding hydrogens is 322 g/mol. The third-order valence-corrected chi connectivity index (χ3v) is 5.31. The molecule has 0 radical (unpaired) electrons. The van der Waals surface area contributed by atoms with E-state index in [2.05, 4.69) is 34.9 Å². The molecule has 1 fully saturated rings. The number of rotatable bonds is 4. The first-order valence-corrected chi connectivity index (χ1v) is 9.38. The molecular formula is C17H25N5OS. The molecule has 0 atom stereocenters. The first-order valence-electron chi connectivity index (χ1n) is 8.50. The van der Waals surface area contributed by atoms with Gasteiger partial charge in [0.2, 0.25) is 0 Å². The van der Waals surface area contributed by atoms with Gasteiger partial charge in [-0.2, -0.15) is 5.10 Å². The van der Waals surface area contributed by atoms with Crippen LogP contribution in [-0.2, 0) is 6.54 Å². The Hall–Kier alpha value is -1.73. The van der Waals surface area contributed by atoms with Crippen molar-refractivity contribution >= 4 is 17.2 Å². The van der Waals surface area contributed by atoms with Gasteiger partial charge in [-0.3, -0.25) is 14.4 Å². The SMILES string of the molecule is Cc1ncsc1C(=O)N1CCCN(Cc2ccn(C(C)C)n2)CC1.